The fraction of sp³-hybridized carbons (Fsp3) is 0.222. The van der Waals surface area contributed by atoms with Crippen molar-refractivity contribution in [2.45, 2.75) is 18.8 Å². The minimum atomic E-state index is -1.25. The number of rotatable bonds is 9. The first-order valence-electron chi connectivity index (χ1n) is 11.3. The van der Waals surface area contributed by atoms with Crippen molar-refractivity contribution in [3.63, 3.8) is 0 Å². The molecule has 4 N–H and O–H groups in total. The molecule has 0 aromatic heterocycles. The SMILES string of the molecule is COC(=O)C1=C(C(=O)OC)N(c2ccc(CC(CC(=O)O)C(=O)O)cc2)C(N)=C(C#N)C1c1ccccc1. The van der Waals surface area contributed by atoms with Gasteiger partial charge in [-0.3, -0.25) is 14.5 Å². The number of hydrogen-bond donors (Lipinski definition) is 3. The second kappa shape index (κ2) is 11.7. The summed E-state index contributed by atoms with van der Waals surface area (Å²) in [5.74, 6) is -6.51. The molecular weight excluding hydrogens is 494 g/mol. The van der Waals surface area contributed by atoms with Gasteiger partial charge in [-0.2, -0.15) is 5.26 Å². The van der Waals surface area contributed by atoms with E-state index in [1.165, 1.54) is 17.0 Å². The average molecular weight is 520 g/mol. The Labute approximate surface area is 218 Å². The van der Waals surface area contributed by atoms with Crippen LogP contribution in [0.3, 0.4) is 0 Å². The fourth-order valence-corrected chi connectivity index (χ4v) is 4.30. The molecule has 1 aliphatic heterocycles. The highest BCUT2D eigenvalue weighted by Crippen LogP contribution is 2.43. The highest BCUT2D eigenvalue weighted by Gasteiger charge is 2.43. The Hall–Kier alpha value is -5.11. The molecule has 0 aliphatic carbocycles. The number of carbonyl (C=O) groups excluding carboxylic acids is 2. The number of esters is 2. The van der Waals surface area contributed by atoms with Crippen molar-refractivity contribution in [3.8, 4) is 6.07 Å². The van der Waals surface area contributed by atoms with Gasteiger partial charge in [0.1, 0.15) is 11.5 Å². The summed E-state index contributed by atoms with van der Waals surface area (Å²) >= 11 is 0. The normalized spacial score (nSPS) is 15.9. The molecule has 0 radical (unpaired) electrons. The van der Waals surface area contributed by atoms with Crippen molar-refractivity contribution < 1.29 is 38.9 Å². The van der Waals surface area contributed by atoms with Crippen LogP contribution in [-0.4, -0.2) is 48.3 Å². The monoisotopic (exact) mass is 519 g/mol. The summed E-state index contributed by atoms with van der Waals surface area (Å²) in [6.07, 6.45) is -0.608. The predicted molar refractivity (Wildman–Crippen MR) is 133 cm³/mol. The largest absolute Gasteiger partial charge is 0.481 e. The van der Waals surface area contributed by atoms with Gasteiger partial charge in [-0.05, 0) is 29.7 Å². The Morgan fingerprint density at radius 1 is 1.00 bits per heavy atom. The molecule has 11 heteroatoms. The van der Waals surface area contributed by atoms with Crippen LogP contribution in [-0.2, 0) is 35.1 Å². The number of carboxylic acids is 2. The van der Waals surface area contributed by atoms with Gasteiger partial charge < -0.3 is 25.4 Å². The first-order chi connectivity index (χ1) is 18.1. The number of ether oxygens (including phenoxy) is 2. The summed E-state index contributed by atoms with van der Waals surface area (Å²) < 4.78 is 9.97. The van der Waals surface area contributed by atoms with Gasteiger partial charge in [0.15, 0.2) is 0 Å². The number of aliphatic carboxylic acids is 2. The molecule has 1 heterocycles. The molecule has 0 amide bonds. The van der Waals surface area contributed by atoms with Gasteiger partial charge in [0.25, 0.3) is 0 Å². The molecule has 3 rings (SSSR count). The van der Waals surface area contributed by atoms with Gasteiger partial charge in [-0.15, -0.1) is 0 Å². The molecule has 1 aliphatic rings. The molecule has 2 atom stereocenters. The van der Waals surface area contributed by atoms with Crippen molar-refractivity contribution in [2.24, 2.45) is 11.7 Å². The molecular formula is C27H25N3O8. The van der Waals surface area contributed by atoms with E-state index in [9.17, 15) is 29.5 Å². The molecule has 2 unspecified atom stereocenters. The average Bonchev–Trinajstić information content (AvgIpc) is 2.91. The van der Waals surface area contributed by atoms with Gasteiger partial charge in [0.2, 0.25) is 0 Å². The van der Waals surface area contributed by atoms with E-state index in [-0.39, 0.29) is 34.8 Å². The maximum Gasteiger partial charge on any atom is 0.355 e. The molecule has 2 aromatic carbocycles. The van der Waals surface area contributed by atoms with Crippen molar-refractivity contribution in [2.75, 3.05) is 19.1 Å². The molecule has 0 saturated heterocycles. The first-order valence-corrected chi connectivity index (χ1v) is 11.3. The number of anilines is 1. The van der Waals surface area contributed by atoms with E-state index >= 15 is 0 Å². The van der Waals surface area contributed by atoms with Gasteiger partial charge >= 0.3 is 23.9 Å². The van der Waals surface area contributed by atoms with Gasteiger partial charge in [-0.25, -0.2) is 9.59 Å². The summed E-state index contributed by atoms with van der Waals surface area (Å²) in [6, 6.07) is 16.7. The van der Waals surface area contributed by atoms with E-state index in [4.69, 9.17) is 20.3 Å². The lowest BCUT2D eigenvalue weighted by molar-refractivity contribution is -0.148. The third-order valence-corrected chi connectivity index (χ3v) is 6.06. The van der Waals surface area contributed by atoms with Crippen molar-refractivity contribution >= 4 is 29.6 Å². The second-order valence-electron chi connectivity index (χ2n) is 8.34. The van der Waals surface area contributed by atoms with Crippen molar-refractivity contribution in [3.05, 3.63) is 88.4 Å². The minimum Gasteiger partial charge on any atom is -0.481 e. The van der Waals surface area contributed by atoms with Crippen LogP contribution in [0.5, 0.6) is 0 Å². The zero-order valence-corrected chi connectivity index (χ0v) is 20.6. The van der Waals surface area contributed by atoms with Crippen LogP contribution in [0.15, 0.2) is 77.3 Å². The number of benzene rings is 2. The third-order valence-electron chi connectivity index (χ3n) is 6.06. The van der Waals surface area contributed by atoms with E-state index in [1.54, 1.807) is 42.5 Å². The summed E-state index contributed by atoms with van der Waals surface area (Å²) in [6.45, 7) is 0. The van der Waals surface area contributed by atoms with Crippen LogP contribution in [0.2, 0.25) is 0 Å². The highest BCUT2D eigenvalue weighted by molar-refractivity contribution is 6.06. The number of hydrogen-bond acceptors (Lipinski definition) is 9. The molecule has 38 heavy (non-hydrogen) atoms. The van der Waals surface area contributed by atoms with Crippen LogP contribution in [0.1, 0.15) is 23.5 Å². The van der Waals surface area contributed by atoms with Crippen LogP contribution in [0, 0.1) is 17.2 Å². The van der Waals surface area contributed by atoms with Crippen molar-refractivity contribution in [1.82, 2.24) is 0 Å². The Kier molecular flexibility index (Phi) is 8.50. The van der Waals surface area contributed by atoms with Gasteiger partial charge in [-0.1, -0.05) is 42.5 Å². The highest BCUT2D eigenvalue weighted by atomic mass is 16.5. The Balaban J connectivity index is 2.18. The Morgan fingerprint density at radius 2 is 1.61 bits per heavy atom. The standard InChI is InChI=1S/C27H25N3O8/c1-37-26(35)22-21(16-6-4-3-5-7-16)19(14-28)24(29)30(23(22)27(36)38-2)18-10-8-15(9-11-18)12-17(25(33)34)13-20(31)32/h3-11,17,21H,12-13,29H2,1-2H3,(H,31,32)(H,33,34). The van der Waals surface area contributed by atoms with Crippen molar-refractivity contribution in [1.29, 1.82) is 5.26 Å². The van der Waals surface area contributed by atoms with Gasteiger partial charge in [0.05, 0.1) is 49.7 Å². The van der Waals surface area contributed by atoms with E-state index in [2.05, 4.69) is 6.07 Å². The number of methoxy groups -OCH3 is 2. The number of allylic oxidation sites excluding steroid dienone is 1. The zero-order valence-electron chi connectivity index (χ0n) is 20.6. The molecule has 0 fully saturated rings. The van der Waals surface area contributed by atoms with E-state index in [0.29, 0.717) is 11.1 Å². The lowest BCUT2D eigenvalue weighted by Crippen LogP contribution is -2.40. The maximum absolute atomic E-state index is 13.1. The predicted octanol–water partition coefficient (Wildman–Crippen LogP) is 2.30. The molecule has 2 aromatic rings. The van der Waals surface area contributed by atoms with Crippen LogP contribution in [0.25, 0.3) is 0 Å². The van der Waals surface area contributed by atoms with E-state index in [1.807, 2.05) is 0 Å². The number of nitrogens with zero attached hydrogens (tertiary/aromatic N) is 2. The maximum atomic E-state index is 13.1. The lowest BCUT2D eigenvalue weighted by Gasteiger charge is -2.36. The number of carbonyl (C=O) groups is 4. The minimum absolute atomic E-state index is 0.000675. The van der Waals surface area contributed by atoms with Crippen LogP contribution >= 0.6 is 0 Å². The molecule has 196 valence electrons. The second-order valence-corrected chi connectivity index (χ2v) is 8.34. The molecule has 0 saturated carbocycles. The quantitative estimate of drug-likeness (QED) is 0.414. The number of nitrogens with two attached hydrogens (primary N) is 1. The summed E-state index contributed by atoms with van der Waals surface area (Å²) in [5.41, 5.74) is 7.37. The van der Waals surface area contributed by atoms with Crippen LogP contribution < -0.4 is 10.6 Å². The Morgan fingerprint density at radius 3 is 2.11 bits per heavy atom. The first kappa shape index (κ1) is 27.5. The molecule has 11 nitrogen and oxygen atoms in total. The number of nitriles is 1. The fourth-order valence-electron chi connectivity index (χ4n) is 4.30. The van der Waals surface area contributed by atoms with Gasteiger partial charge in [0, 0.05) is 5.69 Å². The summed E-state index contributed by atoms with van der Waals surface area (Å²) in [4.78, 5) is 49.8. The zero-order chi connectivity index (χ0) is 28.0. The number of carboxylic acid groups (broad SMARTS) is 2. The Bertz CT molecular complexity index is 1360. The van der Waals surface area contributed by atoms with Crippen LogP contribution in [0.4, 0.5) is 5.69 Å². The van der Waals surface area contributed by atoms with E-state index < -0.39 is 42.1 Å². The third kappa shape index (κ3) is 5.49. The molecule has 0 bridgehead atoms. The molecule has 0 spiro atoms. The van der Waals surface area contributed by atoms with E-state index in [0.717, 1.165) is 14.2 Å². The summed E-state index contributed by atoms with van der Waals surface area (Å²) in [7, 11) is 2.28. The summed E-state index contributed by atoms with van der Waals surface area (Å²) in [5, 5.41) is 28.4. The smallest absolute Gasteiger partial charge is 0.355 e. The topological polar surface area (TPSA) is 180 Å². The lowest BCUT2D eigenvalue weighted by atomic mass is 9.81.